The number of piperazine rings is 1. The number of hydrogen-bond acceptors (Lipinski definition) is 3. The van der Waals surface area contributed by atoms with Crippen LogP contribution in [0.3, 0.4) is 0 Å². The van der Waals surface area contributed by atoms with E-state index in [0.29, 0.717) is 6.54 Å². The highest BCUT2D eigenvalue weighted by Gasteiger charge is 2.16. The fourth-order valence-corrected chi connectivity index (χ4v) is 1.37. The van der Waals surface area contributed by atoms with Crippen molar-refractivity contribution in [2.75, 3.05) is 46.4 Å². The molecule has 0 amide bonds. The van der Waals surface area contributed by atoms with E-state index >= 15 is 0 Å². The second-order valence-corrected chi connectivity index (χ2v) is 3.38. The molecule has 0 aromatic heterocycles. The summed E-state index contributed by atoms with van der Waals surface area (Å²) in [4.78, 5) is 4.28. The molecule has 3 nitrogen and oxygen atoms in total. The molecule has 0 spiro atoms. The van der Waals surface area contributed by atoms with Crippen LogP contribution in [0.5, 0.6) is 0 Å². The molecule has 1 rings (SSSR count). The average Bonchev–Trinajstić information content (AvgIpc) is 2.09. The van der Waals surface area contributed by atoms with E-state index in [2.05, 4.69) is 16.8 Å². The zero-order chi connectivity index (χ0) is 8.97. The van der Waals surface area contributed by atoms with Crippen LogP contribution in [0.4, 0.5) is 4.39 Å². The number of alkyl halides is 1. The van der Waals surface area contributed by atoms with Gasteiger partial charge in [-0.05, 0) is 7.05 Å². The molecule has 0 aliphatic carbocycles. The minimum absolute atomic E-state index is 0.355. The number of aliphatic hydroxyl groups is 1. The smallest absolute Gasteiger partial charge is 0.136 e. The van der Waals surface area contributed by atoms with E-state index in [0.717, 1.165) is 26.2 Å². The third kappa shape index (κ3) is 3.05. The van der Waals surface area contributed by atoms with Crippen LogP contribution in [0.1, 0.15) is 0 Å². The van der Waals surface area contributed by atoms with E-state index < -0.39 is 6.17 Å². The van der Waals surface area contributed by atoms with Crippen molar-refractivity contribution in [1.29, 1.82) is 0 Å². The summed E-state index contributed by atoms with van der Waals surface area (Å²) in [5.74, 6) is 0. The zero-order valence-electron chi connectivity index (χ0n) is 7.54. The van der Waals surface area contributed by atoms with Gasteiger partial charge in [0.1, 0.15) is 6.17 Å². The van der Waals surface area contributed by atoms with Gasteiger partial charge < -0.3 is 10.0 Å². The number of likely N-dealkylation sites (N-methyl/N-ethyl adjacent to an activating group) is 1. The second-order valence-electron chi connectivity index (χ2n) is 3.38. The Labute approximate surface area is 72.8 Å². The fraction of sp³-hybridized carbons (Fsp3) is 1.00. The molecule has 1 saturated heterocycles. The summed E-state index contributed by atoms with van der Waals surface area (Å²) in [6.45, 7) is 3.85. The molecule has 0 aromatic rings. The van der Waals surface area contributed by atoms with Gasteiger partial charge in [0.2, 0.25) is 0 Å². The number of rotatable bonds is 3. The Kier molecular flexibility index (Phi) is 3.91. The minimum Gasteiger partial charge on any atom is -0.393 e. The summed E-state index contributed by atoms with van der Waals surface area (Å²) < 4.78 is 12.7. The second kappa shape index (κ2) is 4.74. The number of hydrogen-bond donors (Lipinski definition) is 1. The van der Waals surface area contributed by atoms with E-state index in [-0.39, 0.29) is 6.61 Å². The highest BCUT2D eigenvalue weighted by atomic mass is 19.1. The van der Waals surface area contributed by atoms with Gasteiger partial charge in [-0.25, -0.2) is 4.39 Å². The first-order valence-electron chi connectivity index (χ1n) is 4.38. The Morgan fingerprint density at radius 3 is 2.42 bits per heavy atom. The van der Waals surface area contributed by atoms with Gasteiger partial charge in [-0.1, -0.05) is 0 Å². The van der Waals surface area contributed by atoms with Crippen molar-refractivity contribution in [3.05, 3.63) is 0 Å². The van der Waals surface area contributed by atoms with Crippen LogP contribution < -0.4 is 0 Å². The molecule has 1 aliphatic rings. The first-order valence-corrected chi connectivity index (χ1v) is 4.38. The van der Waals surface area contributed by atoms with E-state index in [1.807, 2.05) is 0 Å². The van der Waals surface area contributed by atoms with E-state index in [1.54, 1.807) is 0 Å². The van der Waals surface area contributed by atoms with E-state index in [4.69, 9.17) is 5.11 Å². The van der Waals surface area contributed by atoms with Gasteiger partial charge >= 0.3 is 0 Å². The molecule has 1 atom stereocenters. The SMILES string of the molecule is CN1CCN(C[C@@H](F)CO)CC1. The molecule has 4 heteroatoms. The van der Waals surface area contributed by atoms with Crippen molar-refractivity contribution in [3.8, 4) is 0 Å². The lowest BCUT2D eigenvalue weighted by molar-refractivity contribution is 0.0928. The number of nitrogens with zero attached hydrogens (tertiary/aromatic N) is 2. The summed E-state index contributed by atoms with van der Waals surface area (Å²) in [6, 6.07) is 0. The predicted octanol–water partition coefficient (Wildman–Crippen LogP) is -0.436. The quantitative estimate of drug-likeness (QED) is 0.632. The molecule has 0 unspecified atom stereocenters. The monoisotopic (exact) mass is 176 g/mol. The Hall–Kier alpha value is -0.190. The largest absolute Gasteiger partial charge is 0.393 e. The summed E-state index contributed by atoms with van der Waals surface area (Å²) in [5.41, 5.74) is 0. The van der Waals surface area contributed by atoms with Crippen molar-refractivity contribution >= 4 is 0 Å². The molecular formula is C8H17FN2O. The normalized spacial score (nSPS) is 24.2. The van der Waals surface area contributed by atoms with Gasteiger partial charge in [0.15, 0.2) is 0 Å². The van der Waals surface area contributed by atoms with Gasteiger partial charge in [-0.15, -0.1) is 0 Å². The lowest BCUT2D eigenvalue weighted by atomic mass is 10.3. The number of aliphatic hydroxyl groups excluding tert-OH is 1. The third-order valence-electron chi connectivity index (χ3n) is 2.25. The maximum Gasteiger partial charge on any atom is 0.136 e. The Balaban J connectivity index is 2.17. The summed E-state index contributed by atoms with van der Waals surface area (Å²) >= 11 is 0. The van der Waals surface area contributed by atoms with Crippen LogP contribution in [-0.4, -0.2) is 67.5 Å². The predicted molar refractivity (Wildman–Crippen MR) is 45.9 cm³/mol. The van der Waals surface area contributed by atoms with Gasteiger partial charge in [0.05, 0.1) is 6.61 Å². The maximum atomic E-state index is 12.7. The highest BCUT2D eigenvalue weighted by Crippen LogP contribution is 2.01. The van der Waals surface area contributed by atoms with Crippen LogP contribution in [0, 0.1) is 0 Å². The molecule has 72 valence electrons. The molecule has 0 saturated carbocycles. The van der Waals surface area contributed by atoms with Crippen molar-refractivity contribution in [1.82, 2.24) is 9.80 Å². The molecule has 0 radical (unpaired) electrons. The zero-order valence-corrected chi connectivity index (χ0v) is 7.54. The Bertz CT molecular complexity index is 126. The molecule has 1 heterocycles. The topological polar surface area (TPSA) is 26.7 Å². The van der Waals surface area contributed by atoms with Gasteiger partial charge in [-0.3, -0.25) is 4.90 Å². The van der Waals surface area contributed by atoms with E-state index in [1.165, 1.54) is 0 Å². The van der Waals surface area contributed by atoms with Crippen LogP contribution in [0.15, 0.2) is 0 Å². The summed E-state index contributed by atoms with van der Waals surface area (Å²) in [6.07, 6.45) is -1.08. The Morgan fingerprint density at radius 2 is 1.92 bits per heavy atom. The lowest BCUT2D eigenvalue weighted by Crippen LogP contribution is -2.46. The molecular weight excluding hydrogens is 159 g/mol. The minimum atomic E-state index is -1.08. The lowest BCUT2D eigenvalue weighted by Gasteiger charge is -2.32. The third-order valence-corrected chi connectivity index (χ3v) is 2.25. The van der Waals surface area contributed by atoms with Crippen molar-refractivity contribution < 1.29 is 9.50 Å². The van der Waals surface area contributed by atoms with Crippen LogP contribution >= 0.6 is 0 Å². The van der Waals surface area contributed by atoms with Crippen LogP contribution in [-0.2, 0) is 0 Å². The van der Waals surface area contributed by atoms with Crippen LogP contribution in [0.2, 0.25) is 0 Å². The fourth-order valence-electron chi connectivity index (χ4n) is 1.37. The molecule has 0 bridgehead atoms. The summed E-state index contributed by atoms with van der Waals surface area (Å²) in [7, 11) is 2.07. The van der Waals surface area contributed by atoms with Gasteiger partial charge in [0, 0.05) is 32.7 Å². The molecule has 0 aromatic carbocycles. The van der Waals surface area contributed by atoms with Crippen LogP contribution in [0.25, 0.3) is 0 Å². The standard InChI is InChI=1S/C8H17FN2O/c1-10-2-4-11(5-3-10)6-8(9)7-12/h8,12H,2-7H2,1H3/t8-/m1/s1. The molecule has 1 fully saturated rings. The number of halogens is 1. The van der Waals surface area contributed by atoms with Gasteiger partial charge in [0.25, 0.3) is 0 Å². The molecule has 1 aliphatic heterocycles. The summed E-state index contributed by atoms with van der Waals surface area (Å²) in [5, 5.41) is 8.51. The molecule has 1 N–H and O–H groups in total. The van der Waals surface area contributed by atoms with Crippen molar-refractivity contribution in [2.45, 2.75) is 6.17 Å². The maximum absolute atomic E-state index is 12.7. The van der Waals surface area contributed by atoms with Crippen molar-refractivity contribution in [2.24, 2.45) is 0 Å². The first-order chi connectivity index (χ1) is 5.72. The van der Waals surface area contributed by atoms with Crippen molar-refractivity contribution in [3.63, 3.8) is 0 Å². The Morgan fingerprint density at radius 1 is 1.33 bits per heavy atom. The first kappa shape index (κ1) is 9.89. The van der Waals surface area contributed by atoms with E-state index in [9.17, 15) is 4.39 Å². The highest BCUT2D eigenvalue weighted by molar-refractivity contribution is 4.71. The molecule has 12 heavy (non-hydrogen) atoms. The average molecular weight is 176 g/mol. The van der Waals surface area contributed by atoms with Gasteiger partial charge in [-0.2, -0.15) is 0 Å².